The molecule has 8 heteroatoms. The average molecular weight is 369 g/mol. The second-order valence-electron chi connectivity index (χ2n) is 5.60. The number of morpholine rings is 1. The minimum absolute atomic E-state index is 0.0226. The lowest BCUT2D eigenvalue weighted by Crippen LogP contribution is -2.49. The Morgan fingerprint density at radius 2 is 1.96 bits per heavy atom. The number of amides is 1. The van der Waals surface area contributed by atoms with Crippen LogP contribution in [0.5, 0.6) is 0 Å². The number of benzene rings is 1. The van der Waals surface area contributed by atoms with Crippen LogP contribution in [0.15, 0.2) is 36.9 Å². The summed E-state index contributed by atoms with van der Waals surface area (Å²) in [6, 6.07) is 0.129. The average Bonchev–Trinajstić information content (AvgIpc) is 2.63. The molecule has 140 valence electrons. The van der Waals surface area contributed by atoms with Crippen LogP contribution in [0.25, 0.3) is 0 Å². The van der Waals surface area contributed by atoms with Crippen molar-refractivity contribution in [1.29, 1.82) is 0 Å². The molecule has 1 saturated heterocycles. The number of carbonyl (C=O) groups excluding carboxylic acids is 2. The molecule has 1 aromatic rings. The molecule has 1 aliphatic heterocycles. The van der Waals surface area contributed by atoms with Gasteiger partial charge < -0.3 is 14.4 Å². The summed E-state index contributed by atoms with van der Waals surface area (Å²) in [5.41, 5.74) is 0.0509. The van der Waals surface area contributed by atoms with Gasteiger partial charge >= 0.3 is 5.97 Å². The van der Waals surface area contributed by atoms with Crippen LogP contribution in [-0.2, 0) is 19.1 Å². The van der Waals surface area contributed by atoms with Crippen LogP contribution < -0.4 is 0 Å². The first-order valence-corrected chi connectivity index (χ1v) is 7.79. The number of hydrogen-bond acceptors (Lipinski definition) is 4. The number of nitrogens with zero attached hydrogens (tertiary/aromatic N) is 1. The number of rotatable bonds is 5. The molecule has 0 aliphatic carbocycles. The first-order valence-electron chi connectivity index (χ1n) is 7.79. The summed E-state index contributed by atoms with van der Waals surface area (Å²) < 4.78 is 50.4. The van der Waals surface area contributed by atoms with Gasteiger partial charge in [-0.3, -0.25) is 4.79 Å². The lowest BCUT2D eigenvalue weighted by atomic mass is 10.0. The summed E-state index contributed by atoms with van der Waals surface area (Å²) >= 11 is 0. The van der Waals surface area contributed by atoms with Gasteiger partial charge in [-0.2, -0.15) is 0 Å². The molecule has 0 bridgehead atoms. The van der Waals surface area contributed by atoms with E-state index >= 15 is 0 Å². The third-order valence-corrected chi connectivity index (χ3v) is 3.91. The molecule has 1 aromatic carbocycles. The molecule has 0 unspecified atom stereocenters. The highest BCUT2D eigenvalue weighted by Crippen LogP contribution is 2.30. The highest BCUT2D eigenvalue weighted by atomic mass is 19.2. The first kappa shape index (κ1) is 19.7. The molecule has 0 radical (unpaired) electrons. The maximum atomic E-state index is 13.6. The van der Waals surface area contributed by atoms with Crippen molar-refractivity contribution in [3.63, 3.8) is 0 Å². The summed E-state index contributed by atoms with van der Waals surface area (Å²) in [5, 5.41) is 0. The minimum atomic E-state index is -1.59. The number of halogens is 3. The summed E-state index contributed by atoms with van der Waals surface area (Å²) in [6.45, 7) is 3.56. The van der Waals surface area contributed by atoms with Gasteiger partial charge in [-0.25, -0.2) is 18.0 Å². The maximum absolute atomic E-state index is 13.6. The Bertz CT molecular complexity index is 712. The SMILES string of the molecule is C=CCC(=O)N1[C@@H](C=CC(=O)OC)COC[C@H]1c1cc(F)c(F)c(F)c1. The molecule has 1 amide bonds. The Labute approximate surface area is 148 Å². The summed E-state index contributed by atoms with van der Waals surface area (Å²) in [7, 11) is 1.21. The molecule has 1 aliphatic rings. The van der Waals surface area contributed by atoms with Gasteiger partial charge in [-0.15, -0.1) is 6.58 Å². The number of ether oxygens (including phenoxy) is 2. The third-order valence-electron chi connectivity index (χ3n) is 3.91. The fourth-order valence-electron chi connectivity index (χ4n) is 2.71. The van der Waals surface area contributed by atoms with Crippen molar-refractivity contribution in [3.05, 3.63) is 60.0 Å². The van der Waals surface area contributed by atoms with Crippen molar-refractivity contribution in [2.75, 3.05) is 20.3 Å². The van der Waals surface area contributed by atoms with E-state index in [9.17, 15) is 22.8 Å². The van der Waals surface area contributed by atoms with Crippen LogP contribution in [0.2, 0.25) is 0 Å². The Balaban J connectivity index is 2.42. The fraction of sp³-hybridized carbons (Fsp3) is 0.333. The van der Waals surface area contributed by atoms with Crippen molar-refractivity contribution in [3.8, 4) is 0 Å². The zero-order chi connectivity index (χ0) is 19.3. The molecule has 1 fully saturated rings. The molecule has 0 spiro atoms. The zero-order valence-corrected chi connectivity index (χ0v) is 14.1. The first-order chi connectivity index (χ1) is 12.4. The summed E-state index contributed by atoms with van der Waals surface area (Å²) in [5.74, 6) is -5.30. The lowest BCUT2D eigenvalue weighted by molar-refractivity contribution is -0.143. The molecule has 0 N–H and O–H groups in total. The van der Waals surface area contributed by atoms with Crippen LogP contribution >= 0.6 is 0 Å². The van der Waals surface area contributed by atoms with Gasteiger partial charge in [-0.05, 0) is 17.7 Å². The molecule has 0 saturated carbocycles. The topological polar surface area (TPSA) is 55.8 Å². The second kappa shape index (κ2) is 8.66. The van der Waals surface area contributed by atoms with E-state index in [1.54, 1.807) is 0 Å². The van der Waals surface area contributed by atoms with Crippen molar-refractivity contribution in [2.45, 2.75) is 18.5 Å². The minimum Gasteiger partial charge on any atom is -0.466 e. The number of carbonyl (C=O) groups is 2. The Kier molecular flexibility index (Phi) is 6.57. The normalized spacial score (nSPS) is 20.2. The van der Waals surface area contributed by atoms with E-state index in [4.69, 9.17) is 4.74 Å². The smallest absolute Gasteiger partial charge is 0.330 e. The molecular formula is C18H18F3NO4. The van der Waals surface area contributed by atoms with Gasteiger partial charge in [0, 0.05) is 12.5 Å². The third kappa shape index (κ3) is 4.32. The fourth-order valence-corrected chi connectivity index (χ4v) is 2.71. The van der Waals surface area contributed by atoms with Crippen LogP contribution in [0.4, 0.5) is 13.2 Å². The lowest BCUT2D eigenvalue weighted by Gasteiger charge is -2.41. The van der Waals surface area contributed by atoms with Crippen LogP contribution in [-0.4, -0.2) is 43.1 Å². The summed E-state index contributed by atoms with van der Waals surface area (Å²) in [6.07, 6.45) is 3.92. The van der Waals surface area contributed by atoms with E-state index in [0.29, 0.717) is 0 Å². The maximum Gasteiger partial charge on any atom is 0.330 e. The van der Waals surface area contributed by atoms with Crippen molar-refractivity contribution >= 4 is 11.9 Å². The largest absolute Gasteiger partial charge is 0.466 e. The van der Waals surface area contributed by atoms with Gasteiger partial charge in [0.25, 0.3) is 0 Å². The predicted molar refractivity (Wildman–Crippen MR) is 86.5 cm³/mol. The van der Waals surface area contributed by atoms with E-state index < -0.39 is 35.5 Å². The molecular weight excluding hydrogens is 351 g/mol. The molecule has 0 aromatic heterocycles. The molecule has 5 nitrogen and oxygen atoms in total. The highest BCUT2D eigenvalue weighted by molar-refractivity contribution is 5.82. The van der Waals surface area contributed by atoms with Crippen molar-refractivity contribution < 1.29 is 32.2 Å². The monoisotopic (exact) mass is 369 g/mol. The highest BCUT2D eigenvalue weighted by Gasteiger charge is 2.35. The van der Waals surface area contributed by atoms with E-state index in [-0.39, 0.29) is 31.1 Å². The van der Waals surface area contributed by atoms with Gasteiger partial charge in [0.1, 0.15) is 0 Å². The number of esters is 1. The van der Waals surface area contributed by atoms with Crippen LogP contribution in [0.3, 0.4) is 0 Å². The van der Waals surface area contributed by atoms with Crippen LogP contribution in [0.1, 0.15) is 18.0 Å². The van der Waals surface area contributed by atoms with E-state index in [1.165, 1.54) is 24.2 Å². The van der Waals surface area contributed by atoms with E-state index in [0.717, 1.165) is 18.2 Å². The number of hydrogen-bond donors (Lipinski definition) is 0. The molecule has 26 heavy (non-hydrogen) atoms. The van der Waals surface area contributed by atoms with Gasteiger partial charge in [0.15, 0.2) is 17.5 Å². The molecule has 2 rings (SSSR count). The Morgan fingerprint density at radius 3 is 2.54 bits per heavy atom. The zero-order valence-electron chi connectivity index (χ0n) is 14.1. The van der Waals surface area contributed by atoms with E-state index in [2.05, 4.69) is 11.3 Å². The van der Waals surface area contributed by atoms with Crippen LogP contribution in [0, 0.1) is 17.5 Å². The quantitative estimate of drug-likeness (QED) is 0.347. The number of methoxy groups -OCH3 is 1. The van der Waals surface area contributed by atoms with Crippen molar-refractivity contribution in [1.82, 2.24) is 4.90 Å². The predicted octanol–water partition coefficient (Wildman–Crippen LogP) is 2.68. The van der Waals surface area contributed by atoms with Gasteiger partial charge in [0.05, 0.1) is 32.4 Å². The Hall–Kier alpha value is -2.61. The summed E-state index contributed by atoms with van der Waals surface area (Å²) in [4.78, 5) is 25.2. The molecule has 1 heterocycles. The Morgan fingerprint density at radius 1 is 1.31 bits per heavy atom. The standard InChI is InChI=1S/C18H18F3NO4/c1-3-4-16(23)22-12(5-6-17(24)25-2)9-26-10-15(22)11-7-13(19)18(21)14(20)8-11/h3,5-8,12,15H,1,4,9-10H2,2H3/t12-,15-/m0/s1. The molecule has 2 atom stereocenters. The van der Waals surface area contributed by atoms with Gasteiger partial charge in [-0.1, -0.05) is 12.2 Å². The second-order valence-corrected chi connectivity index (χ2v) is 5.60. The van der Waals surface area contributed by atoms with Gasteiger partial charge in [0.2, 0.25) is 5.91 Å². The van der Waals surface area contributed by atoms with Crippen molar-refractivity contribution in [2.24, 2.45) is 0 Å². The van der Waals surface area contributed by atoms with E-state index in [1.807, 2.05) is 0 Å².